The fraction of sp³-hybridized carbons (Fsp3) is 0.792. The number of fused-ring (bicyclic) bond motifs is 1. The topological polar surface area (TPSA) is 22.1 Å². The molecule has 3 aliphatic rings. The lowest BCUT2D eigenvalue weighted by Crippen LogP contribution is -2.61. The first-order valence-electron chi connectivity index (χ1n) is 11.7. The van der Waals surface area contributed by atoms with Gasteiger partial charge >= 0.3 is 0 Å². The third-order valence-electron chi connectivity index (χ3n) is 8.13. The van der Waals surface area contributed by atoms with Gasteiger partial charge in [0.2, 0.25) is 0 Å². The first-order chi connectivity index (χ1) is 13.6. The monoisotopic (exact) mass is 387 g/mol. The molecule has 0 spiro atoms. The van der Waals surface area contributed by atoms with Crippen LogP contribution in [0.25, 0.3) is 0 Å². The van der Waals surface area contributed by atoms with Crippen LogP contribution >= 0.6 is 0 Å². The van der Waals surface area contributed by atoms with Crippen LogP contribution in [-0.2, 0) is 4.74 Å². The smallest absolute Gasteiger partial charge is 0.102 e. The zero-order chi connectivity index (χ0) is 19.5. The lowest BCUT2D eigenvalue weighted by molar-refractivity contribution is -0.947. The van der Waals surface area contributed by atoms with Crippen molar-refractivity contribution in [3.63, 3.8) is 0 Å². The summed E-state index contributed by atoms with van der Waals surface area (Å²) in [6.07, 6.45) is 11.6. The average Bonchev–Trinajstić information content (AvgIpc) is 2.71. The molecule has 0 amide bonds. The standard InChI is InChI=1S/C24H41N3O/c1-26(14-7-9-21(19-26)23-11-3-5-13-25-23)17-18-28-20-22-10-8-16-27(2)15-6-4-12-24(22)27/h3,5,11,13,21-22,24H,4,6-10,12,14-20H2,1-2H3/q+2/t21-,22-,24+,26?,27?/m0/s1. The Balaban J connectivity index is 1.25. The Kier molecular flexibility index (Phi) is 6.39. The SMILES string of the molecule is C[N+]1(CCOC[C@@H]2CCC[N+]3(C)CCCC[C@H]23)CCC[C@H](c2ccccn2)C1. The van der Waals surface area contributed by atoms with Crippen LogP contribution in [-0.4, -0.2) is 80.0 Å². The molecule has 3 saturated heterocycles. The van der Waals surface area contributed by atoms with Gasteiger partial charge in [0.25, 0.3) is 0 Å². The van der Waals surface area contributed by atoms with Crippen molar-refractivity contribution in [1.82, 2.24) is 4.98 Å². The highest BCUT2D eigenvalue weighted by atomic mass is 16.5. The number of pyridine rings is 1. The number of ether oxygens (including phenoxy) is 1. The predicted molar refractivity (Wildman–Crippen MR) is 114 cm³/mol. The Morgan fingerprint density at radius 2 is 1.86 bits per heavy atom. The van der Waals surface area contributed by atoms with Gasteiger partial charge in [0.15, 0.2) is 0 Å². The molecule has 1 aromatic rings. The van der Waals surface area contributed by atoms with Crippen LogP contribution in [0.1, 0.15) is 56.6 Å². The molecule has 0 bridgehead atoms. The number of hydrogen-bond acceptors (Lipinski definition) is 2. The fourth-order valence-electron chi connectivity index (χ4n) is 6.44. The van der Waals surface area contributed by atoms with Crippen LogP contribution < -0.4 is 0 Å². The summed E-state index contributed by atoms with van der Waals surface area (Å²) in [7, 11) is 4.93. The molecule has 28 heavy (non-hydrogen) atoms. The maximum Gasteiger partial charge on any atom is 0.102 e. The van der Waals surface area contributed by atoms with Gasteiger partial charge in [0.1, 0.15) is 6.54 Å². The number of likely N-dealkylation sites (tertiary alicyclic amines) is 1. The van der Waals surface area contributed by atoms with E-state index in [4.69, 9.17) is 4.74 Å². The second-order valence-electron chi connectivity index (χ2n) is 10.3. The van der Waals surface area contributed by atoms with E-state index < -0.39 is 0 Å². The Labute approximate surface area is 172 Å². The summed E-state index contributed by atoms with van der Waals surface area (Å²) in [5, 5.41) is 0. The quantitative estimate of drug-likeness (QED) is 0.547. The van der Waals surface area contributed by atoms with Crippen LogP contribution in [0.2, 0.25) is 0 Å². The molecule has 0 saturated carbocycles. The van der Waals surface area contributed by atoms with Crippen molar-refractivity contribution in [2.75, 3.05) is 60.0 Å². The van der Waals surface area contributed by atoms with E-state index in [2.05, 4.69) is 31.2 Å². The highest BCUT2D eigenvalue weighted by Crippen LogP contribution is 2.36. The summed E-state index contributed by atoms with van der Waals surface area (Å²) in [4.78, 5) is 4.63. The minimum Gasteiger partial charge on any atom is -0.375 e. The van der Waals surface area contributed by atoms with Gasteiger partial charge in [-0.2, -0.15) is 0 Å². The Bertz CT molecular complexity index is 620. The van der Waals surface area contributed by atoms with Gasteiger partial charge < -0.3 is 13.7 Å². The summed E-state index contributed by atoms with van der Waals surface area (Å²) < 4.78 is 8.80. The van der Waals surface area contributed by atoms with Gasteiger partial charge in [-0.05, 0) is 50.7 Å². The molecular formula is C24H41N3O+2. The summed E-state index contributed by atoms with van der Waals surface area (Å²) in [5.74, 6) is 1.39. The van der Waals surface area contributed by atoms with Gasteiger partial charge in [-0.1, -0.05) is 6.07 Å². The van der Waals surface area contributed by atoms with Gasteiger partial charge in [-0.25, -0.2) is 0 Å². The van der Waals surface area contributed by atoms with Crippen LogP contribution in [0, 0.1) is 5.92 Å². The number of nitrogens with zero attached hydrogens (tertiary/aromatic N) is 3. The number of hydrogen-bond donors (Lipinski definition) is 0. The van der Waals surface area contributed by atoms with Gasteiger partial charge in [0.05, 0.1) is 65.4 Å². The molecule has 0 aliphatic carbocycles. The van der Waals surface area contributed by atoms with Crippen molar-refractivity contribution in [2.45, 2.75) is 56.9 Å². The lowest BCUT2D eigenvalue weighted by atomic mass is 9.82. The molecule has 4 heteroatoms. The molecule has 3 aliphatic heterocycles. The van der Waals surface area contributed by atoms with E-state index in [0.717, 1.165) is 36.2 Å². The minimum absolute atomic E-state index is 0.610. The van der Waals surface area contributed by atoms with Crippen LogP contribution in [0.4, 0.5) is 0 Å². The average molecular weight is 388 g/mol. The molecule has 3 fully saturated rings. The number of piperidine rings is 3. The van der Waals surface area contributed by atoms with Gasteiger partial charge in [0, 0.05) is 24.2 Å². The van der Waals surface area contributed by atoms with E-state index in [-0.39, 0.29) is 0 Å². The molecule has 0 radical (unpaired) electrons. The van der Waals surface area contributed by atoms with Crippen molar-refractivity contribution in [2.24, 2.45) is 5.92 Å². The predicted octanol–water partition coefficient (Wildman–Crippen LogP) is 3.83. The van der Waals surface area contributed by atoms with E-state index in [0.29, 0.717) is 5.92 Å². The summed E-state index contributed by atoms with van der Waals surface area (Å²) in [6, 6.07) is 7.22. The van der Waals surface area contributed by atoms with E-state index >= 15 is 0 Å². The van der Waals surface area contributed by atoms with Crippen molar-refractivity contribution in [3.05, 3.63) is 30.1 Å². The molecule has 156 valence electrons. The van der Waals surface area contributed by atoms with E-state index in [1.165, 1.54) is 81.3 Å². The zero-order valence-electron chi connectivity index (χ0n) is 18.2. The molecule has 1 aromatic heterocycles. The summed E-state index contributed by atoms with van der Waals surface area (Å²) in [5.41, 5.74) is 1.28. The largest absolute Gasteiger partial charge is 0.375 e. The van der Waals surface area contributed by atoms with E-state index in [1.807, 2.05) is 12.3 Å². The molecule has 5 atom stereocenters. The number of quaternary nitrogens is 2. The zero-order valence-corrected chi connectivity index (χ0v) is 18.2. The molecule has 4 heterocycles. The van der Waals surface area contributed by atoms with Crippen molar-refractivity contribution in [3.8, 4) is 0 Å². The summed E-state index contributed by atoms with van der Waals surface area (Å²) >= 11 is 0. The van der Waals surface area contributed by atoms with E-state index in [9.17, 15) is 0 Å². The summed E-state index contributed by atoms with van der Waals surface area (Å²) in [6.45, 7) is 8.33. The third-order valence-corrected chi connectivity index (χ3v) is 8.13. The highest BCUT2D eigenvalue weighted by Gasteiger charge is 2.43. The third kappa shape index (κ3) is 4.60. The van der Waals surface area contributed by atoms with E-state index in [1.54, 1.807) is 0 Å². The Hall–Kier alpha value is -0.970. The van der Waals surface area contributed by atoms with Crippen molar-refractivity contribution in [1.29, 1.82) is 0 Å². The normalized spacial score (nSPS) is 38.7. The lowest BCUT2D eigenvalue weighted by Gasteiger charge is -2.51. The van der Waals surface area contributed by atoms with Gasteiger partial charge in [-0.3, -0.25) is 4.98 Å². The molecular weight excluding hydrogens is 346 g/mol. The highest BCUT2D eigenvalue weighted by molar-refractivity contribution is 5.09. The van der Waals surface area contributed by atoms with Crippen molar-refractivity contribution < 1.29 is 13.7 Å². The molecule has 0 N–H and O–H groups in total. The molecule has 0 aromatic carbocycles. The molecule has 2 unspecified atom stereocenters. The minimum atomic E-state index is 0.610. The first-order valence-corrected chi connectivity index (χ1v) is 11.7. The Morgan fingerprint density at radius 1 is 1.00 bits per heavy atom. The number of rotatable bonds is 6. The number of likely N-dealkylation sites (N-methyl/N-ethyl adjacent to an activating group) is 1. The molecule has 4 rings (SSSR count). The maximum atomic E-state index is 6.33. The Morgan fingerprint density at radius 3 is 2.71 bits per heavy atom. The molecule has 4 nitrogen and oxygen atoms in total. The second-order valence-corrected chi connectivity index (χ2v) is 10.3. The van der Waals surface area contributed by atoms with Crippen LogP contribution in [0.15, 0.2) is 24.4 Å². The number of aromatic nitrogens is 1. The van der Waals surface area contributed by atoms with Gasteiger partial charge in [-0.15, -0.1) is 0 Å². The second kappa shape index (κ2) is 8.81. The van der Waals surface area contributed by atoms with Crippen LogP contribution in [0.3, 0.4) is 0 Å². The fourth-order valence-corrected chi connectivity index (χ4v) is 6.44. The first kappa shape index (κ1) is 20.3. The van der Waals surface area contributed by atoms with Crippen molar-refractivity contribution >= 4 is 0 Å². The maximum absolute atomic E-state index is 6.33. The van der Waals surface area contributed by atoms with Crippen LogP contribution in [0.5, 0.6) is 0 Å².